The van der Waals surface area contributed by atoms with Crippen LogP contribution < -0.4 is 0 Å². The Kier molecular flexibility index (Phi) is 20.4. The molecule has 7 heteroatoms. The molecule has 190 valence electrons. The lowest BCUT2D eigenvalue weighted by atomic mass is 10.0. The molecule has 32 heavy (non-hydrogen) atoms. The largest absolute Gasteiger partial charge is 0.469 e. The minimum absolute atomic E-state index is 0.207. The van der Waals surface area contributed by atoms with Gasteiger partial charge in [0.1, 0.15) is 0 Å². The average Bonchev–Trinajstić information content (AvgIpc) is 2.75. The van der Waals surface area contributed by atoms with Crippen LogP contribution in [-0.2, 0) is 14.3 Å². The molecule has 0 saturated heterocycles. The minimum atomic E-state index is -4.73. The molecule has 0 rings (SSSR count). The van der Waals surface area contributed by atoms with Crippen LogP contribution >= 0.6 is 11.8 Å². The minimum Gasteiger partial charge on any atom is -0.469 e. The molecule has 0 aromatic rings. The normalized spacial score (nSPS) is 12.7. The Hall–Kier alpha value is -0.720. The van der Waals surface area contributed by atoms with Crippen molar-refractivity contribution in [3.63, 3.8) is 0 Å². The first-order valence-corrected chi connectivity index (χ1v) is 13.6. The van der Waals surface area contributed by atoms with Crippen LogP contribution in [-0.4, -0.2) is 36.0 Å². The van der Waals surface area contributed by atoms with Crippen LogP contribution in [0.4, 0.5) is 13.2 Å². The number of ether oxygens (including phenoxy) is 1. The average molecular weight is 483 g/mol. The van der Waals surface area contributed by atoms with E-state index in [2.05, 4.69) is 11.7 Å². The summed E-state index contributed by atoms with van der Waals surface area (Å²) >= 11 is 1.48. The number of methoxy groups -OCH3 is 1. The zero-order valence-electron chi connectivity index (χ0n) is 20.3. The molecule has 0 N–H and O–H groups in total. The predicted octanol–water partition coefficient (Wildman–Crippen LogP) is 8.43. The molecule has 0 aliphatic carbocycles. The van der Waals surface area contributed by atoms with Gasteiger partial charge in [-0.3, -0.25) is 9.59 Å². The van der Waals surface area contributed by atoms with E-state index in [1.54, 1.807) is 0 Å². The van der Waals surface area contributed by atoms with E-state index in [1.807, 2.05) is 0 Å². The van der Waals surface area contributed by atoms with Gasteiger partial charge in [-0.25, -0.2) is 0 Å². The standard InChI is InChI=1S/C25H45F3O3S/c1-3-4-5-6-7-8-9-10-11-12-13-14-17-22(18-15-16-19-24(30)31-2)32-21-20-23(29)25(26,27)28/h22H,3-21H2,1-2H3. The van der Waals surface area contributed by atoms with Crippen molar-refractivity contribution in [3.05, 3.63) is 0 Å². The Balaban J connectivity index is 3.97. The van der Waals surface area contributed by atoms with Crippen LogP contribution in [0.1, 0.15) is 122 Å². The predicted molar refractivity (Wildman–Crippen MR) is 128 cm³/mol. The highest BCUT2D eigenvalue weighted by Gasteiger charge is 2.37. The van der Waals surface area contributed by atoms with Gasteiger partial charge >= 0.3 is 12.1 Å². The van der Waals surface area contributed by atoms with Gasteiger partial charge in [0.15, 0.2) is 0 Å². The Morgan fingerprint density at radius 1 is 0.750 bits per heavy atom. The molecule has 0 fully saturated rings. The van der Waals surface area contributed by atoms with E-state index >= 15 is 0 Å². The third kappa shape index (κ3) is 19.9. The van der Waals surface area contributed by atoms with Gasteiger partial charge in [-0.2, -0.15) is 24.9 Å². The topological polar surface area (TPSA) is 43.4 Å². The summed E-state index contributed by atoms with van der Waals surface area (Å²) in [5, 5.41) is 0.247. The third-order valence-electron chi connectivity index (χ3n) is 5.76. The van der Waals surface area contributed by atoms with Crippen molar-refractivity contribution in [2.24, 2.45) is 0 Å². The molecule has 0 radical (unpaired) electrons. The fourth-order valence-electron chi connectivity index (χ4n) is 3.73. The Bertz CT molecular complexity index is 470. The van der Waals surface area contributed by atoms with Crippen molar-refractivity contribution < 1.29 is 27.5 Å². The maximum Gasteiger partial charge on any atom is 0.450 e. The summed E-state index contributed by atoms with van der Waals surface area (Å²) in [6.45, 7) is 2.24. The number of carbonyl (C=O) groups excluding carboxylic acids is 2. The van der Waals surface area contributed by atoms with Crippen molar-refractivity contribution in [2.75, 3.05) is 12.9 Å². The lowest BCUT2D eigenvalue weighted by Gasteiger charge is -2.17. The lowest BCUT2D eigenvalue weighted by molar-refractivity contribution is -0.170. The van der Waals surface area contributed by atoms with Gasteiger partial charge in [-0.05, 0) is 19.3 Å². The number of rotatable bonds is 22. The third-order valence-corrected chi connectivity index (χ3v) is 7.15. The van der Waals surface area contributed by atoms with Gasteiger partial charge < -0.3 is 4.74 Å². The van der Waals surface area contributed by atoms with Crippen molar-refractivity contribution >= 4 is 23.5 Å². The highest BCUT2D eigenvalue weighted by Crippen LogP contribution is 2.27. The van der Waals surface area contributed by atoms with Crippen molar-refractivity contribution in [1.82, 2.24) is 0 Å². The zero-order chi connectivity index (χ0) is 24.1. The molecule has 1 unspecified atom stereocenters. The Morgan fingerprint density at radius 3 is 1.69 bits per heavy atom. The van der Waals surface area contributed by atoms with E-state index in [9.17, 15) is 22.8 Å². The fraction of sp³-hybridized carbons (Fsp3) is 0.920. The molecular formula is C25H45F3O3S. The van der Waals surface area contributed by atoms with Crippen LogP contribution in [0.25, 0.3) is 0 Å². The summed E-state index contributed by atoms with van der Waals surface area (Å²) in [5.41, 5.74) is 0. The molecule has 3 nitrogen and oxygen atoms in total. The molecule has 0 heterocycles. The summed E-state index contributed by atoms with van der Waals surface area (Å²) in [5.74, 6) is -1.66. The monoisotopic (exact) mass is 482 g/mol. The van der Waals surface area contributed by atoms with Gasteiger partial charge in [0, 0.05) is 23.8 Å². The maximum absolute atomic E-state index is 12.4. The van der Waals surface area contributed by atoms with E-state index in [1.165, 1.54) is 83.1 Å². The number of esters is 1. The second-order valence-corrected chi connectivity index (χ2v) is 10.1. The molecule has 0 amide bonds. The summed E-state index contributed by atoms with van der Waals surface area (Å²) < 4.78 is 41.8. The van der Waals surface area contributed by atoms with Gasteiger partial charge in [-0.1, -0.05) is 90.4 Å². The van der Waals surface area contributed by atoms with Crippen LogP contribution in [0.3, 0.4) is 0 Å². The smallest absolute Gasteiger partial charge is 0.450 e. The van der Waals surface area contributed by atoms with Crippen molar-refractivity contribution in [3.8, 4) is 0 Å². The van der Waals surface area contributed by atoms with Crippen molar-refractivity contribution in [2.45, 2.75) is 134 Å². The highest BCUT2D eigenvalue weighted by molar-refractivity contribution is 7.99. The fourth-order valence-corrected chi connectivity index (χ4v) is 5.03. The molecule has 0 aromatic heterocycles. The molecule has 0 saturated carbocycles. The molecule has 0 aromatic carbocycles. The summed E-state index contributed by atoms with van der Waals surface area (Å²) in [7, 11) is 1.37. The highest BCUT2D eigenvalue weighted by atomic mass is 32.2. The number of hydrogen-bond acceptors (Lipinski definition) is 4. The molecule has 0 aliphatic heterocycles. The van der Waals surface area contributed by atoms with E-state index in [-0.39, 0.29) is 17.0 Å². The van der Waals surface area contributed by atoms with Gasteiger partial charge in [0.05, 0.1) is 7.11 Å². The van der Waals surface area contributed by atoms with Crippen LogP contribution in [0, 0.1) is 0 Å². The van der Waals surface area contributed by atoms with Crippen LogP contribution in [0.2, 0.25) is 0 Å². The Morgan fingerprint density at radius 2 is 1.22 bits per heavy atom. The number of hydrogen-bond donors (Lipinski definition) is 0. The van der Waals surface area contributed by atoms with E-state index in [0.29, 0.717) is 6.42 Å². The molecule has 0 bridgehead atoms. The number of unbranched alkanes of at least 4 members (excludes halogenated alkanes) is 12. The quantitative estimate of drug-likeness (QED) is 0.115. The molecule has 1 atom stereocenters. The van der Waals surface area contributed by atoms with E-state index in [0.717, 1.165) is 38.5 Å². The van der Waals surface area contributed by atoms with Crippen molar-refractivity contribution in [1.29, 1.82) is 0 Å². The van der Waals surface area contributed by atoms with E-state index < -0.39 is 18.4 Å². The first kappa shape index (κ1) is 31.3. The molecule has 0 aliphatic rings. The lowest BCUT2D eigenvalue weighted by Crippen LogP contribution is -2.23. The molecular weight excluding hydrogens is 437 g/mol. The number of Topliss-reactive ketones (excluding diaryl/α,β-unsaturated/α-hetero) is 1. The van der Waals surface area contributed by atoms with E-state index in [4.69, 9.17) is 0 Å². The summed E-state index contributed by atoms with van der Waals surface area (Å²) in [4.78, 5) is 22.3. The second-order valence-electron chi connectivity index (χ2n) is 8.66. The summed E-state index contributed by atoms with van der Waals surface area (Å²) in [6.07, 6.45) is 13.9. The SMILES string of the molecule is CCCCCCCCCCCCCCC(CCCCC(=O)OC)SCCC(=O)C(F)(F)F. The number of ketones is 1. The first-order chi connectivity index (χ1) is 15.3. The number of halogens is 3. The van der Waals surface area contributed by atoms with Gasteiger partial charge in [-0.15, -0.1) is 0 Å². The Labute approximate surface area is 198 Å². The van der Waals surface area contributed by atoms with Crippen LogP contribution in [0.15, 0.2) is 0 Å². The number of carbonyl (C=O) groups is 2. The summed E-state index contributed by atoms with van der Waals surface area (Å²) in [6, 6.07) is 0. The second kappa shape index (κ2) is 20.9. The van der Waals surface area contributed by atoms with Crippen LogP contribution in [0.5, 0.6) is 0 Å². The number of thioether (sulfide) groups is 1. The number of alkyl halides is 3. The van der Waals surface area contributed by atoms with Gasteiger partial charge in [0.25, 0.3) is 0 Å². The first-order valence-electron chi connectivity index (χ1n) is 12.6. The maximum atomic E-state index is 12.4. The zero-order valence-corrected chi connectivity index (χ0v) is 21.1. The molecule has 0 spiro atoms. The van der Waals surface area contributed by atoms with Gasteiger partial charge in [0.2, 0.25) is 5.78 Å².